The Morgan fingerprint density at radius 1 is 1.27 bits per heavy atom. The first-order valence-corrected chi connectivity index (χ1v) is 6.50. The predicted octanol–water partition coefficient (Wildman–Crippen LogP) is 1.79. The van der Waals surface area contributed by atoms with Crippen molar-refractivity contribution in [3.63, 3.8) is 0 Å². The SMILES string of the molecule is NS(=O)(=O)Cc1ccc(SC(F)F)cc1. The summed E-state index contributed by atoms with van der Waals surface area (Å²) in [6.45, 7) is 0. The van der Waals surface area contributed by atoms with Gasteiger partial charge in [0.15, 0.2) is 0 Å². The minimum Gasteiger partial charge on any atom is -0.228 e. The molecule has 0 heterocycles. The van der Waals surface area contributed by atoms with Crippen molar-refractivity contribution in [3.8, 4) is 0 Å². The molecule has 3 nitrogen and oxygen atoms in total. The number of hydrogen-bond acceptors (Lipinski definition) is 3. The molecule has 0 saturated heterocycles. The standard InChI is InChI=1S/C8H9F2NO2S2/c9-8(10)14-7-3-1-6(2-4-7)5-15(11,12)13/h1-4,8H,5H2,(H2,11,12,13). The van der Waals surface area contributed by atoms with Gasteiger partial charge in [0, 0.05) is 4.90 Å². The third-order valence-electron chi connectivity index (χ3n) is 1.52. The second kappa shape index (κ2) is 4.91. The highest BCUT2D eigenvalue weighted by Crippen LogP contribution is 2.25. The largest absolute Gasteiger partial charge is 0.288 e. The van der Waals surface area contributed by atoms with Crippen molar-refractivity contribution in [1.29, 1.82) is 0 Å². The molecular formula is C8H9F2NO2S2. The van der Waals surface area contributed by atoms with E-state index in [1.807, 2.05) is 0 Å². The Kier molecular flexibility index (Phi) is 4.06. The summed E-state index contributed by atoms with van der Waals surface area (Å²) in [7, 11) is -3.57. The summed E-state index contributed by atoms with van der Waals surface area (Å²) >= 11 is 0.411. The highest BCUT2D eigenvalue weighted by Gasteiger charge is 2.07. The summed E-state index contributed by atoms with van der Waals surface area (Å²) in [5, 5.41) is 4.83. The summed E-state index contributed by atoms with van der Waals surface area (Å²) in [5.74, 6) is -2.76. The summed E-state index contributed by atoms with van der Waals surface area (Å²) in [4.78, 5) is 0.392. The number of nitrogens with two attached hydrogens (primary N) is 1. The number of benzene rings is 1. The van der Waals surface area contributed by atoms with Crippen LogP contribution in [0.1, 0.15) is 5.56 Å². The van der Waals surface area contributed by atoms with E-state index in [9.17, 15) is 17.2 Å². The first-order valence-electron chi connectivity index (χ1n) is 3.91. The van der Waals surface area contributed by atoms with Crippen LogP contribution in [0, 0.1) is 0 Å². The molecule has 0 fully saturated rings. The van der Waals surface area contributed by atoms with Gasteiger partial charge < -0.3 is 0 Å². The van der Waals surface area contributed by atoms with E-state index in [0.717, 1.165) is 0 Å². The van der Waals surface area contributed by atoms with Crippen LogP contribution in [0.5, 0.6) is 0 Å². The van der Waals surface area contributed by atoms with E-state index in [0.29, 0.717) is 22.2 Å². The summed E-state index contributed by atoms with van der Waals surface area (Å²) in [6, 6.07) is 5.82. The Morgan fingerprint density at radius 3 is 2.20 bits per heavy atom. The molecule has 0 aromatic heterocycles. The van der Waals surface area contributed by atoms with Crippen LogP contribution < -0.4 is 5.14 Å². The lowest BCUT2D eigenvalue weighted by Crippen LogP contribution is -2.14. The molecule has 2 N–H and O–H groups in total. The molecule has 0 radical (unpaired) electrons. The molecule has 1 rings (SSSR count). The molecule has 0 spiro atoms. The van der Waals surface area contributed by atoms with Gasteiger partial charge in [-0.3, -0.25) is 0 Å². The molecule has 0 aliphatic carbocycles. The van der Waals surface area contributed by atoms with Crippen LogP contribution in [-0.2, 0) is 15.8 Å². The minimum atomic E-state index is -3.57. The highest BCUT2D eigenvalue weighted by atomic mass is 32.2. The molecule has 1 aromatic carbocycles. The number of sulfonamides is 1. The average molecular weight is 253 g/mol. The van der Waals surface area contributed by atoms with Crippen molar-refractivity contribution >= 4 is 21.8 Å². The van der Waals surface area contributed by atoms with Crippen LogP contribution in [0.25, 0.3) is 0 Å². The third kappa shape index (κ3) is 5.10. The zero-order valence-electron chi connectivity index (χ0n) is 7.56. The predicted molar refractivity (Wildman–Crippen MR) is 55.1 cm³/mol. The van der Waals surface area contributed by atoms with E-state index < -0.39 is 15.8 Å². The molecule has 0 bridgehead atoms. The number of alkyl halides is 2. The fourth-order valence-corrected chi connectivity index (χ4v) is 2.16. The molecule has 0 aliphatic heterocycles. The van der Waals surface area contributed by atoms with Gasteiger partial charge in [-0.15, -0.1) is 0 Å². The molecule has 0 atom stereocenters. The maximum atomic E-state index is 11.9. The minimum absolute atomic E-state index is 0.285. The normalized spacial score (nSPS) is 12.0. The van der Waals surface area contributed by atoms with Gasteiger partial charge in [0.2, 0.25) is 10.0 Å². The summed E-state index contributed by atoms with van der Waals surface area (Å²) in [5.41, 5.74) is 0.483. The molecule has 1 aromatic rings. The maximum absolute atomic E-state index is 11.9. The Hall–Kier alpha value is -0.660. The van der Waals surface area contributed by atoms with Gasteiger partial charge in [0.1, 0.15) is 0 Å². The fourth-order valence-electron chi connectivity index (χ4n) is 0.999. The lowest BCUT2D eigenvalue weighted by molar-refractivity contribution is 0.252. The van der Waals surface area contributed by atoms with Crippen LogP contribution in [0.4, 0.5) is 8.78 Å². The van der Waals surface area contributed by atoms with Crippen molar-refractivity contribution in [1.82, 2.24) is 0 Å². The summed E-state index contributed by atoms with van der Waals surface area (Å²) < 4.78 is 45.3. The number of primary sulfonamides is 1. The zero-order chi connectivity index (χ0) is 11.5. The van der Waals surface area contributed by atoms with Crippen LogP contribution in [0.2, 0.25) is 0 Å². The maximum Gasteiger partial charge on any atom is 0.288 e. The van der Waals surface area contributed by atoms with Crippen LogP contribution >= 0.6 is 11.8 Å². The lowest BCUT2D eigenvalue weighted by Gasteiger charge is -2.02. The van der Waals surface area contributed by atoms with Crippen molar-refractivity contribution in [3.05, 3.63) is 29.8 Å². The van der Waals surface area contributed by atoms with Gasteiger partial charge in [0.25, 0.3) is 5.76 Å². The Balaban J connectivity index is 2.73. The second-order valence-electron chi connectivity index (χ2n) is 2.83. The molecule has 0 aliphatic rings. The molecule has 0 unspecified atom stereocenters. The second-order valence-corrected chi connectivity index (χ2v) is 5.51. The van der Waals surface area contributed by atoms with E-state index in [-0.39, 0.29) is 5.75 Å². The van der Waals surface area contributed by atoms with Crippen molar-refractivity contribution in [2.75, 3.05) is 0 Å². The fraction of sp³-hybridized carbons (Fsp3) is 0.250. The van der Waals surface area contributed by atoms with Crippen LogP contribution in [-0.4, -0.2) is 14.2 Å². The zero-order valence-corrected chi connectivity index (χ0v) is 9.19. The summed E-state index contributed by atoms with van der Waals surface area (Å²) in [6.07, 6.45) is 0. The van der Waals surface area contributed by atoms with Crippen molar-refractivity contribution < 1.29 is 17.2 Å². The average Bonchev–Trinajstić information content (AvgIpc) is 2.05. The highest BCUT2D eigenvalue weighted by molar-refractivity contribution is 7.99. The number of rotatable bonds is 4. The van der Waals surface area contributed by atoms with Crippen molar-refractivity contribution in [2.45, 2.75) is 16.4 Å². The van der Waals surface area contributed by atoms with Gasteiger partial charge in [-0.2, -0.15) is 8.78 Å². The Labute approximate surface area is 90.7 Å². The Morgan fingerprint density at radius 2 is 1.80 bits per heavy atom. The molecular weight excluding hydrogens is 244 g/mol. The van der Waals surface area contributed by atoms with Crippen LogP contribution in [0.3, 0.4) is 0 Å². The van der Waals surface area contributed by atoms with Gasteiger partial charge in [-0.1, -0.05) is 23.9 Å². The van der Waals surface area contributed by atoms with Gasteiger partial charge in [-0.25, -0.2) is 13.6 Å². The number of halogens is 2. The first-order chi connectivity index (χ1) is 6.87. The Bertz CT molecular complexity index is 417. The molecule has 7 heteroatoms. The topological polar surface area (TPSA) is 60.2 Å². The third-order valence-corrected chi connectivity index (χ3v) is 2.97. The molecule has 15 heavy (non-hydrogen) atoms. The van der Waals surface area contributed by atoms with E-state index >= 15 is 0 Å². The number of thioether (sulfide) groups is 1. The first kappa shape index (κ1) is 12.4. The lowest BCUT2D eigenvalue weighted by atomic mass is 10.2. The van der Waals surface area contributed by atoms with E-state index in [1.54, 1.807) is 0 Å². The smallest absolute Gasteiger partial charge is 0.228 e. The van der Waals surface area contributed by atoms with Gasteiger partial charge >= 0.3 is 0 Å². The van der Waals surface area contributed by atoms with E-state index in [2.05, 4.69) is 0 Å². The van der Waals surface area contributed by atoms with E-state index in [4.69, 9.17) is 5.14 Å². The monoisotopic (exact) mass is 253 g/mol. The van der Waals surface area contributed by atoms with Gasteiger partial charge in [0.05, 0.1) is 5.75 Å². The molecule has 0 amide bonds. The van der Waals surface area contributed by atoms with Gasteiger partial charge in [-0.05, 0) is 17.7 Å². The quantitative estimate of drug-likeness (QED) is 0.832. The van der Waals surface area contributed by atoms with Crippen LogP contribution in [0.15, 0.2) is 29.2 Å². The van der Waals surface area contributed by atoms with Crippen molar-refractivity contribution in [2.24, 2.45) is 5.14 Å². The van der Waals surface area contributed by atoms with E-state index in [1.165, 1.54) is 24.3 Å². The molecule has 0 saturated carbocycles. The number of hydrogen-bond donors (Lipinski definition) is 1. The molecule has 84 valence electrons.